The van der Waals surface area contributed by atoms with Gasteiger partial charge < -0.3 is 14.5 Å². The zero-order valence-corrected chi connectivity index (χ0v) is 18.8. The molecule has 1 heterocycles. The van der Waals surface area contributed by atoms with Gasteiger partial charge in [-0.1, -0.05) is 23.2 Å². The van der Waals surface area contributed by atoms with Crippen molar-refractivity contribution < 1.29 is 18.9 Å². The molecule has 0 fully saturated rings. The number of amides is 1. The molecule has 0 aliphatic heterocycles. The highest BCUT2D eigenvalue weighted by molar-refractivity contribution is 7.80. The SMILES string of the molecule is COc1ccc(NC(=S)NC(=O)/C=C/c2ccc(-c3ccc(Cl)cc3Cl)o2)c([N+](=O)[O-])c1. The van der Waals surface area contributed by atoms with Gasteiger partial charge in [0.2, 0.25) is 5.91 Å². The van der Waals surface area contributed by atoms with Gasteiger partial charge >= 0.3 is 0 Å². The van der Waals surface area contributed by atoms with E-state index in [9.17, 15) is 14.9 Å². The third-order valence-corrected chi connectivity index (χ3v) is 4.86. The number of halogens is 2. The molecular weight excluding hydrogens is 477 g/mol. The zero-order chi connectivity index (χ0) is 23.3. The van der Waals surface area contributed by atoms with Crippen LogP contribution in [0.25, 0.3) is 17.4 Å². The molecule has 0 atom stereocenters. The number of methoxy groups -OCH3 is 1. The van der Waals surface area contributed by atoms with Gasteiger partial charge in [0.1, 0.15) is 23.0 Å². The van der Waals surface area contributed by atoms with E-state index in [1.165, 1.54) is 37.5 Å². The summed E-state index contributed by atoms with van der Waals surface area (Å²) < 4.78 is 10.7. The molecule has 1 aromatic heterocycles. The summed E-state index contributed by atoms with van der Waals surface area (Å²) in [6.07, 6.45) is 2.66. The third kappa shape index (κ3) is 5.85. The smallest absolute Gasteiger partial charge is 0.296 e. The Balaban J connectivity index is 1.63. The largest absolute Gasteiger partial charge is 0.496 e. The number of ether oxygens (including phenoxy) is 1. The van der Waals surface area contributed by atoms with E-state index in [1.807, 2.05) is 0 Å². The molecule has 0 bridgehead atoms. The lowest BCUT2D eigenvalue weighted by molar-refractivity contribution is -0.384. The van der Waals surface area contributed by atoms with Gasteiger partial charge in [-0.3, -0.25) is 20.2 Å². The minimum absolute atomic E-state index is 0.110. The highest BCUT2D eigenvalue weighted by Crippen LogP contribution is 2.32. The Kier molecular flexibility index (Phi) is 7.47. The highest BCUT2D eigenvalue weighted by Gasteiger charge is 2.16. The van der Waals surface area contributed by atoms with E-state index < -0.39 is 10.8 Å². The average Bonchev–Trinajstić information content (AvgIpc) is 3.21. The number of furan rings is 1. The molecule has 0 radical (unpaired) electrons. The monoisotopic (exact) mass is 491 g/mol. The van der Waals surface area contributed by atoms with Gasteiger partial charge in [-0.15, -0.1) is 0 Å². The average molecular weight is 492 g/mol. The molecule has 0 aliphatic rings. The third-order valence-electron chi connectivity index (χ3n) is 4.11. The van der Waals surface area contributed by atoms with Crippen molar-refractivity contribution in [3.8, 4) is 17.1 Å². The van der Waals surface area contributed by atoms with Gasteiger partial charge in [-0.2, -0.15) is 0 Å². The van der Waals surface area contributed by atoms with Crippen molar-refractivity contribution in [3.63, 3.8) is 0 Å². The fraction of sp³-hybridized carbons (Fsp3) is 0.0476. The van der Waals surface area contributed by atoms with Crippen LogP contribution in [0.3, 0.4) is 0 Å². The summed E-state index contributed by atoms with van der Waals surface area (Å²) in [4.78, 5) is 22.8. The molecule has 0 saturated carbocycles. The topological polar surface area (TPSA) is 107 Å². The Bertz CT molecular complexity index is 1230. The van der Waals surface area contributed by atoms with Gasteiger partial charge in [-0.25, -0.2) is 0 Å². The Hall–Kier alpha value is -3.40. The normalized spacial score (nSPS) is 10.7. The number of hydrogen-bond acceptors (Lipinski definition) is 6. The first kappa shape index (κ1) is 23.3. The number of hydrogen-bond donors (Lipinski definition) is 2. The maximum Gasteiger partial charge on any atom is 0.296 e. The fourth-order valence-corrected chi connectivity index (χ4v) is 3.35. The van der Waals surface area contributed by atoms with Crippen LogP contribution >= 0.6 is 35.4 Å². The molecule has 164 valence electrons. The minimum atomic E-state index is -0.587. The summed E-state index contributed by atoms with van der Waals surface area (Å²) in [6.45, 7) is 0. The van der Waals surface area contributed by atoms with E-state index in [0.717, 1.165) is 0 Å². The maximum absolute atomic E-state index is 12.1. The fourth-order valence-electron chi connectivity index (χ4n) is 2.64. The molecule has 1 amide bonds. The quantitative estimate of drug-likeness (QED) is 0.197. The summed E-state index contributed by atoms with van der Waals surface area (Å²) in [7, 11) is 1.40. The molecule has 0 unspecified atom stereocenters. The van der Waals surface area contributed by atoms with Crippen molar-refractivity contribution in [1.82, 2.24) is 5.32 Å². The molecule has 32 heavy (non-hydrogen) atoms. The Morgan fingerprint density at radius 1 is 1.19 bits per heavy atom. The van der Waals surface area contributed by atoms with E-state index in [2.05, 4.69) is 10.6 Å². The summed E-state index contributed by atoms with van der Waals surface area (Å²) in [5.41, 5.74) is 0.521. The Labute approximate surface area is 197 Å². The number of nitro benzene ring substituents is 1. The van der Waals surface area contributed by atoms with E-state index >= 15 is 0 Å². The second kappa shape index (κ2) is 10.3. The first-order valence-corrected chi connectivity index (χ1v) is 10.1. The molecule has 3 rings (SSSR count). The molecule has 8 nitrogen and oxygen atoms in total. The molecule has 2 aromatic carbocycles. The number of anilines is 1. The standard InChI is InChI=1S/C21H15Cl2N3O5S/c1-30-14-3-7-17(18(11-14)26(28)29)24-21(32)25-20(27)9-5-13-4-8-19(31-13)15-6-2-12(22)10-16(15)23/h2-11H,1H3,(H2,24,25,27,32)/b9-5+. The van der Waals surface area contributed by atoms with Crippen molar-refractivity contribution >= 4 is 63.9 Å². The first-order chi connectivity index (χ1) is 15.3. The summed E-state index contributed by atoms with van der Waals surface area (Å²) in [5, 5.41) is 17.1. The lowest BCUT2D eigenvalue weighted by Crippen LogP contribution is -2.33. The second-order valence-corrected chi connectivity index (χ2v) is 7.49. The van der Waals surface area contributed by atoms with Gasteiger partial charge in [0, 0.05) is 16.7 Å². The summed E-state index contributed by atoms with van der Waals surface area (Å²) >= 11 is 17.1. The predicted octanol–water partition coefficient (Wildman–Crippen LogP) is 5.70. The van der Waals surface area contributed by atoms with E-state index in [0.29, 0.717) is 32.9 Å². The predicted molar refractivity (Wildman–Crippen MR) is 127 cm³/mol. The summed E-state index contributed by atoms with van der Waals surface area (Å²) in [6, 6.07) is 12.6. The van der Waals surface area contributed by atoms with Crippen LogP contribution in [0.5, 0.6) is 5.75 Å². The number of nitrogens with one attached hydrogen (secondary N) is 2. The van der Waals surface area contributed by atoms with Gasteiger partial charge in [0.15, 0.2) is 5.11 Å². The molecule has 3 aromatic rings. The lowest BCUT2D eigenvalue weighted by Gasteiger charge is -2.09. The maximum atomic E-state index is 12.1. The molecular formula is C21H15Cl2N3O5S. The highest BCUT2D eigenvalue weighted by atomic mass is 35.5. The summed E-state index contributed by atoms with van der Waals surface area (Å²) in [5.74, 6) is 0.681. The van der Waals surface area contributed by atoms with Crippen molar-refractivity contribution in [1.29, 1.82) is 0 Å². The lowest BCUT2D eigenvalue weighted by atomic mass is 10.2. The molecule has 2 N–H and O–H groups in total. The number of thiocarbonyl (C=S) groups is 1. The van der Waals surface area contributed by atoms with Crippen LogP contribution in [-0.2, 0) is 4.79 Å². The minimum Gasteiger partial charge on any atom is -0.496 e. The Morgan fingerprint density at radius 2 is 1.97 bits per heavy atom. The van der Waals surface area contributed by atoms with Crippen molar-refractivity contribution in [2.24, 2.45) is 0 Å². The number of benzene rings is 2. The van der Waals surface area contributed by atoms with Gasteiger partial charge in [-0.05, 0) is 60.8 Å². The van der Waals surface area contributed by atoms with Gasteiger partial charge in [0.25, 0.3) is 5.69 Å². The Morgan fingerprint density at radius 3 is 2.66 bits per heavy atom. The van der Waals surface area contributed by atoms with Crippen LogP contribution in [0, 0.1) is 10.1 Å². The number of nitrogens with zero attached hydrogens (tertiary/aromatic N) is 1. The number of nitro groups is 1. The molecule has 0 saturated heterocycles. The first-order valence-electron chi connectivity index (χ1n) is 8.94. The number of carbonyl (C=O) groups is 1. The number of rotatable bonds is 6. The van der Waals surface area contributed by atoms with E-state index in [-0.39, 0.29) is 16.5 Å². The van der Waals surface area contributed by atoms with E-state index in [1.54, 1.807) is 30.3 Å². The molecule has 11 heteroatoms. The van der Waals surface area contributed by atoms with Crippen LogP contribution < -0.4 is 15.4 Å². The van der Waals surface area contributed by atoms with Crippen LogP contribution in [-0.4, -0.2) is 23.1 Å². The molecule has 0 spiro atoms. The van der Waals surface area contributed by atoms with Crippen LogP contribution in [0.4, 0.5) is 11.4 Å². The number of carbonyl (C=O) groups excluding carboxylic acids is 1. The van der Waals surface area contributed by atoms with Crippen LogP contribution in [0.1, 0.15) is 5.76 Å². The van der Waals surface area contributed by atoms with Crippen molar-refractivity contribution in [2.75, 3.05) is 12.4 Å². The molecule has 0 aliphatic carbocycles. The van der Waals surface area contributed by atoms with Crippen LogP contribution in [0.2, 0.25) is 10.0 Å². The van der Waals surface area contributed by atoms with Crippen LogP contribution in [0.15, 0.2) is 59.0 Å². The van der Waals surface area contributed by atoms with E-state index in [4.69, 9.17) is 44.6 Å². The zero-order valence-electron chi connectivity index (χ0n) is 16.4. The van der Waals surface area contributed by atoms with Crippen molar-refractivity contribution in [2.45, 2.75) is 0 Å². The second-order valence-electron chi connectivity index (χ2n) is 6.24. The van der Waals surface area contributed by atoms with Gasteiger partial charge in [0.05, 0.1) is 23.1 Å². The van der Waals surface area contributed by atoms with Crippen molar-refractivity contribution in [3.05, 3.63) is 80.5 Å².